The molecule has 0 bridgehead atoms. The lowest BCUT2D eigenvalue weighted by molar-refractivity contribution is 0.0829. The van der Waals surface area contributed by atoms with Gasteiger partial charge in [-0.1, -0.05) is 47.2 Å². The van der Waals surface area contributed by atoms with Crippen LogP contribution in [0.5, 0.6) is 5.06 Å². The third-order valence-electron chi connectivity index (χ3n) is 6.64. The molecule has 12 heteroatoms. The first-order chi connectivity index (χ1) is 18.8. The molecule has 1 atom stereocenters. The molecule has 198 valence electrons. The van der Waals surface area contributed by atoms with E-state index in [0.29, 0.717) is 56.1 Å². The second kappa shape index (κ2) is 9.90. The van der Waals surface area contributed by atoms with Crippen molar-refractivity contribution >= 4 is 40.6 Å². The summed E-state index contributed by atoms with van der Waals surface area (Å²) in [4.78, 5) is 28.1. The summed E-state index contributed by atoms with van der Waals surface area (Å²) in [6.45, 7) is 0.828. The quantitative estimate of drug-likeness (QED) is 0.351. The number of halogens is 3. The maximum atomic E-state index is 14.0. The number of aromatic nitrogens is 2. The highest BCUT2D eigenvalue weighted by molar-refractivity contribution is 7.16. The Hall–Kier alpha value is -4.09. The number of nitrogens with one attached hydrogen (secondary N) is 2. The van der Waals surface area contributed by atoms with Crippen molar-refractivity contribution in [2.75, 3.05) is 13.2 Å². The van der Waals surface area contributed by atoms with Crippen molar-refractivity contribution in [3.8, 4) is 16.3 Å². The van der Waals surface area contributed by atoms with Gasteiger partial charge in [0.1, 0.15) is 12.4 Å². The molecular weight excluding hydrogens is 548 g/mol. The van der Waals surface area contributed by atoms with Crippen molar-refractivity contribution in [3.63, 3.8) is 0 Å². The molecular formula is C27H20ClF2N5O3S. The topological polar surface area (TPSA) is 100 Å². The fraction of sp³-hybridized carbons (Fsp3) is 0.185. The van der Waals surface area contributed by atoms with Gasteiger partial charge in [-0.2, -0.15) is 5.10 Å². The van der Waals surface area contributed by atoms with Gasteiger partial charge in [0.25, 0.3) is 11.8 Å². The third kappa shape index (κ3) is 4.57. The highest BCUT2D eigenvalue weighted by atomic mass is 35.5. The van der Waals surface area contributed by atoms with E-state index in [-0.39, 0.29) is 24.7 Å². The Labute approximate surface area is 230 Å². The van der Waals surface area contributed by atoms with Crippen molar-refractivity contribution in [1.82, 2.24) is 20.0 Å². The minimum Gasteiger partial charge on any atom is -0.481 e. The van der Waals surface area contributed by atoms with Crippen molar-refractivity contribution in [2.24, 2.45) is 0 Å². The average Bonchev–Trinajstić information content (AvgIpc) is 3.53. The van der Waals surface area contributed by atoms with Crippen molar-refractivity contribution in [1.29, 1.82) is 5.41 Å². The number of amidine groups is 1. The molecule has 6 rings (SSSR count). The van der Waals surface area contributed by atoms with Crippen LogP contribution in [0.1, 0.15) is 31.2 Å². The Morgan fingerprint density at radius 3 is 2.72 bits per heavy atom. The van der Waals surface area contributed by atoms with Gasteiger partial charge in [-0.25, -0.2) is 8.78 Å². The number of nitrogens with zero attached hydrogens (tertiary/aromatic N) is 3. The molecule has 2 amide bonds. The number of fused-ring (bicyclic) bond motifs is 4. The third-order valence-corrected chi connectivity index (χ3v) is 7.96. The smallest absolute Gasteiger partial charge is 0.261 e. The van der Waals surface area contributed by atoms with Gasteiger partial charge in [-0.05, 0) is 36.2 Å². The molecule has 4 aromatic rings. The zero-order valence-electron chi connectivity index (χ0n) is 20.2. The molecule has 4 heterocycles. The number of carbonyl (C=O) groups is 2. The second-order valence-corrected chi connectivity index (χ2v) is 10.6. The Morgan fingerprint density at radius 1 is 1.15 bits per heavy atom. The first-order valence-corrected chi connectivity index (χ1v) is 13.2. The van der Waals surface area contributed by atoms with Gasteiger partial charge in [0.05, 0.1) is 45.5 Å². The predicted octanol–water partition coefficient (Wildman–Crippen LogP) is 4.76. The molecule has 0 saturated heterocycles. The van der Waals surface area contributed by atoms with Crippen LogP contribution in [0, 0.1) is 17.0 Å². The van der Waals surface area contributed by atoms with E-state index in [9.17, 15) is 18.4 Å². The van der Waals surface area contributed by atoms with Gasteiger partial charge in [-0.15, -0.1) is 0 Å². The largest absolute Gasteiger partial charge is 0.481 e. The van der Waals surface area contributed by atoms with E-state index in [1.807, 2.05) is 0 Å². The second-order valence-electron chi connectivity index (χ2n) is 9.16. The van der Waals surface area contributed by atoms with Crippen LogP contribution in [-0.4, -0.2) is 51.5 Å². The Morgan fingerprint density at radius 2 is 1.95 bits per heavy atom. The van der Waals surface area contributed by atoms with Gasteiger partial charge in [0.2, 0.25) is 0 Å². The fourth-order valence-corrected chi connectivity index (χ4v) is 5.99. The van der Waals surface area contributed by atoms with E-state index >= 15 is 0 Å². The maximum Gasteiger partial charge on any atom is 0.261 e. The summed E-state index contributed by atoms with van der Waals surface area (Å²) < 4.78 is 35.1. The number of ether oxygens (including phenoxy) is 1. The number of carbonyl (C=O) groups excluding carboxylic acids is 2. The van der Waals surface area contributed by atoms with E-state index in [1.165, 1.54) is 11.0 Å². The molecule has 2 aliphatic rings. The summed E-state index contributed by atoms with van der Waals surface area (Å²) in [6, 6.07) is 11.2. The van der Waals surface area contributed by atoms with E-state index < -0.39 is 23.6 Å². The molecule has 2 N–H and O–H groups in total. The zero-order valence-corrected chi connectivity index (χ0v) is 21.8. The Balaban J connectivity index is 1.29. The molecule has 2 aliphatic heterocycles. The standard InChI is InChI=1S/C27H20ClF2N5O3S/c28-19-12-32-35-7-8-38-27-18(23(19)35)11-22(39-27)25(36)33-15(9-14-5-6-20(29)21(30)10-14)13-34-24(31)16-3-1-2-4-17(16)26(34)37/h1-6,10-12,15,31H,7-9,13H2,(H,33,36)/t15-/m0/s1. The fourth-order valence-electron chi connectivity index (χ4n) is 4.81. The molecule has 0 spiro atoms. The zero-order chi connectivity index (χ0) is 27.3. The summed E-state index contributed by atoms with van der Waals surface area (Å²) in [5.41, 5.74) is 2.62. The normalized spacial score (nSPS) is 14.8. The summed E-state index contributed by atoms with van der Waals surface area (Å²) in [7, 11) is 0. The molecule has 2 aromatic heterocycles. The van der Waals surface area contributed by atoms with Crippen LogP contribution in [0.4, 0.5) is 8.78 Å². The molecule has 2 aromatic carbocycles. The highest BCUT2D eigenvalue weighted by Crippen LogP contribution is 2.42. The summed E-state index contributed by atoms with van der Waals surface area (Å²) in [6.07, 6.45) is 1.64. The van der Waals surface area contributed by atoms with E-state index in [1.54, 1.807) is 41.2 Å². The molecule has 0 fully saturated rings. The number of rotatable bonds is 6. The molecule has 0 saturated carbocycles. The minimum absolute atomic E-state index is 0.0132. The van der Waals surface area contributed by atoms with Crippen molar-refractivity contribution in [2.45, 2.75) is 19.0 Å². The first kappa shape index (κ1) is 25.2. The van der Waals surface area contributed by atoms with E-state index in [0.717, 1.165) is 23.5 Å². The van der Waals surface area contributed by atoms with Gasteiger partial charge >= 0.3 is 0 Å². The number of thiophene rings is 1. The van der Waals surface area contributed by atoms with Crippen LogP contribution in [0.15, 0.2) is 54.7 Å². The van der Waals surface area contributed by atoms with Crippen LogP contribution in [0.25, 0.3) is 11.3 Å². The molecule has 8 nitrogen and oxygen atoms in total. The first-order valence-electron chi connectivity index (χ1n) is 12.0. The van der Waals surface area contributed by atoms with Gasteiger partial charge in [0, 0.05) is 12.1 Å². The van der Waals surface area contributed by atoms with Crippen LogP contribution in [0.2, 0.25) is 5.02 Å². The van der Waals surface area contributed by atoms with Crippen LogP contribution in [-0.2, 0) is 13.0 Å². The molecule has 0 radical (unpaired) electrons. The molecule has 0 unspecified atom stereocenters. The van der Waals surface area contributed by atoms with Gasteiger partial charge < -0.3 is 10.1 Å². The van der Waals surface area contributed by atoms with Crippen LogP contribution in [0.3, 0.4) is 0 Å². The lowest BCUT2D eigenvalue weighted by Gasteiger charge is -2.25. The minimum atomic E-state index is -1.01. The Bertz CT molecular complexity index is 1620. The number of benzene rings is 2. The van der Waals surface area contributed by atoms with Gasteiger partial charge in [-0.3, -0.25) is 24.6 Å². The highest BCUT2D eigenvalue weighted by Gasteiger charge is 2.34. The molecule has 0 aliphatic carbocycles. The number of hydrogen-bond donors (Lipinski definition) is 2. The van der Waals surface area contributed by atoms with Crippen molar-refractivity contribution in [3.05, 3.63) is 93.0 Å². The Kier molecular flexibility index (Phi) is 6.40. The SMILES string of the molecule is N=C1c2ccccc2C(=O)N1C[C@H](Cc1ccc(F)c(F)c1)NC(=O)c1cc2c(s1)OCCn1ncc(Cl)c1-2. The summed E-state index contributed by atoms with van der Waals surface area (Å²) >= 11 is 7.51. The van der Waals surface area contributed by atoms with E-state index in [4.69, 9.17) is 21.7 Å². The van der Waals surface area contributed by atoms with E-state index in [2.05, 4.69) is 10.4 Å². The van der Waals surface area contributed by atoms with Crippen LogP contribution < -0.4 is 10.1 Å². The lowest BCUT2D eigenvalue weighted by atomic mass is 10.0. The summed E-state index contributed by atoms with van der Waals surface area (Å²) in [5, 5.41) is 16.7. The maximum absolute atomic E-state index is 14.0. The molecule has 39 heavy (non-hydrogen) atoms. The van der Waals surface area contributed by atoms with Crippen molar-refractivity contribution < 1.29 is 23.1 Å². The number of amides is 2. The monoisotopic (exact) mass is 567 g/mol. The van der Waals surface area contributed by atoms with Gasteiger partial charge in [0.15, 0.2) is 16.7 Å². The lowest BCUT2D eigenvalue weighted by Crippen LogP contribution is -2.46. The average molecular weight is 568 g/mol. The summed E-state index contributed by atoms with van der Waals surface area (Å²) in [5.74, 6) is -2.78. The predicted molar refractivity (Wildman–Crippen MR) is 142 cm³/mol. The van der Waals surface area contributed by atoms with Crippen LogP contribution >= 0.6 is 22.9 Å². The number of hydrogen-bond acceptors (Lipinski definition) is 6.